The summed E-state index contributed by atoms with van der Waals surface area (Å²) in [5, 5.41) is 3.29. The average Bonchev–Trinajstić information content (AvgIpc) is 2.38. The lowest BCUT2D eigenvalue weighted by Crippen LogP contribution is -2.50. The van der Waals surface area contributed by atoms with Crippen LogP contribution in [0.5, 0.6) is 0 Å². The summed E-state index contributed by atoms with van der Waals surface area (Å²) in [6.45, 7) is 4.00. The molecule has 1 aromatic rings. The minimum Gasteiger partial charge on any atom is -0.369 e. The van der Waals surface area contributed by atoms with E-state index in [4.69, 9.17) is 0 Å². The molecule has 0 aliphatic carbocycles. The molecule has 1 saturated heterocycles. The quantitative estimate of drug-likeness (QED) is 0.835. The van der Waals surface area contributed by atoms with Crippen molar-refractivity contribution in [1.29, 1.82) is 0 Å². The Morgan fingerprint density at radius 2 is 2.11 bits per heavy atom. The third-order valence-electron chi connectivity index (χ3n) is 3.37. The molecule has 1 aliphatic rings. The molecule has 2 rings (SSSR count). The van der Waals surface area contributed by atoms with Crippen LogP contribution in [0.1, 0.15) is 18.9 Å². The van der Waals surface area contributed by atoms with Gasteiger partial charge in [-0.3, -0.25) is 0 Å². The van der Waals surface area contributed by atoms with Gasteiger partial charge in [0.15, 0.2) is 0 Å². The fourth-order valence-electron chi connectivity index (χ4n) is 2.26. The van der Waals surface area contributed by atoms with Crippen LogP contribution in [0.4, 0.5) is 23.2 Å². The highest BCUT2D eigenvalue weighted by Crippen LogP contribution is 2.34. The van der Waals surface area contributed by atoms with Crippen LogP contribution in [0.25, 0.3) is 0 Å². The molecule has 1 fully saturated rings. The maximum atomic E-state index is 13.2. The fourth-order valence-corrected chi connectivity index (χ4v) is 2.26. The second-order valence-electron chi connectivity index (χ2n) is 4.67. The van der Waals surface area contributed by atoms with Gasteiger partial charge in [0, 0.05) is 31.4 Å². The molecular weight excluding hydrogens is 260 g/mol. The first-order chi connectivity index (χ1) is 8.91. The molecule has 1 unspecified atom stereocenters. The minimum atomic E-state index is -4.65. The predicted molar refractivity (Wildman–Crippen MR) is 65.7 cm³/mol. The molecule has 0 radical (unpaired) electrons. The third kappa shape index (κ3) is 3.18. The van der Waals surface area contributed by atoms with Crippen molar-refractivity contribution >= 4 is 5.69 Å². The topological polar surface area (TPSA) is 15.3 Å². The summed E-state index contributed by atoms with van der Waals surface area (Å²) < 4.78 is 51.2. The van der Waals surface area contributed by atoms with E-state index in [0.29, 0.717) is 18.8 Å². The van der Waals surface area contributed by atoms with Gasteiger partial charge < -0.3 is 10.2 Å². The molecule has 106 valence electrons. The van der Waals surface area contributed by atoms with Gasteiger partial charge in [0.05, 0.1) is 5.56 Å². The van der Waals surface area contributed by atoms with Crippen LogP contribution in [0.3, 0.4) is 0 Å². The van der Waals surface area contributed by atoms with Crippen LogP contribution in [-0.4, -0.2) is 25.7 Å². The Labute approximate surface area is 109 Å². The lowest BCUT2D eigenvalue weighted by atomic mass is 10.1. The molecule has 0 bridgehead atoms. The van der Waals surface area contributed by atoms with Crippen LogP contribution in [-0.2, 0) is 6.18 Å². The van der Waals surface area contributed by atoms with E-state index in [9.17, 15) is 17.6 Å². The predicted octanol–water partition coefficient (Wildman–Crippen LogP) is 3.03. The first kappa shape index (κ1) is 14.1. The van der Waals surface area contributed by atoms with Gasteiger partial charge in [-0.1, -0.05) is 6.92 Å². The second kappa shape index (κ2) is 5.36. The van der Waals surface area contributed by atoms with Gasteiger partial charge >= 0.3 is 6.18 Å². The standard InChI is InChI=1S/C13H16F4N2/c1-2-9-8-19(6-5-18-9)10-3-4-12(14)11(7-10)13(15,16)17/h3-4,7,9,18H,2,5-6,8H2,1H3. The highest BCUT2D eigenvalue weighted by Gasteiger charge is 2.34. The third-order valence-corrected chi connectivity index (χ3v) is 3.37. The number of piperazine rings is 1. The van der Waals surface area contributed by atoms with Crippen molar-refractivity contribution in [2.75, 3.05) is 24.5 Å². The van der Waals surface area contributed by atoms with Crippen LogP contribution in [0.2, 0.25) is 0 Å². The number of hydrogen-bond acceptors (Lipinski definition) is 2. The Morgan fingerprint density at radius 1 is 1.37 bits per heavy atom. The van der Waals surface area contributed by atoms with Crippen LogP contribution in [0.15, 0.2) is 18.2 Å². The van der Waals surface area contributed by atoms with Crippen molar-refractivity contribution < 1.29 is 17.6 Å². The van der Waals surface area contributed by atoms with Gasteiger partial charge in [0.25, 0.3) is 0 Å². The molecule has 6 heteroatoms. The molecule has 0 saturated carbocycles. The summed E-state index contributed by atoms with van der Waals surface area (Å²) in [6.07, 6.45) is -3.75. The maximum absolute atomic E-state index is 13.2. The molecule has 0 spiro atoms. The van der Waals surface area contributed by atoms with Crippen molar-refractivity contribution in [2.24, 2.45) is 0 Å². The zero-order valence-electron chi connectivity index (χ0n) is 10.6. The Balaban J connectivity index is 2.25. The van der Waals surface area contributed by atoms with E-state index in [1.54, 1.807) is 0 Å². The Hall–Kier alpha value is -1.30. The molecule has 0 aromatic heterocycles. The largest absolute Gasteiger partial charge is 0.419 e. The zero-order valence-corrected chi connectivity index (χ0v) is 10.6. The highest BCUT2D eigenvalue weighted by molar-refractivity contribution is 5.50. The van der Waals surface area contributed by atoms with Crippen LogP contribution >= 0.6 is 0 Å². The van der Waals surface area contributed by atoms with Gasteiger partial charge in [0.2, 0.25) is 0 Å². The van der Waals surface area contributed by atoms with Crippen molar-refractivity contribution in [3.8, 4) is 0 Å². The fraction of sp³-hybridized carbons (Fsp3) is 0.538. The number of anilines is 1. The van der Waals surface area contributed by atoms with Gasteiger partial charge in [-0.05, 0) is 24.6 Å². The Bertz CT molecular complexity index is 445. The van der Waals surface area contributed by atoms with E-state index in [1.807, 2.05) is 11.8 Å². The lowest BCUT2D eigenvalue weighted by molar-refractivity contribution is -0.139. The summed E-state index contributed by atoms with van der Waals surface area (Å²) in [6, 6.07) is 3.45. The van der Waals surface area contributed by atoms with E-state index in [-0.39, 0.29) is 6.04 Å². The minimum absolute atomic E-state index is 0.258. The summed E-state index contributed by atoms with van der Waals surface area (Å²) >= 11 is 0. The van der Waals surface area contributed by atoms with E-state index in [0.717, 1.165) is 25.1 Å². The molecule has 1 aromatic carbocycles. The smallest absolute Gasteiger partial charge is 0.369 e. The SMILES string of the molecule is CCC1CN(c2ccc(F)c(C(F)(F)F)c2)CCN1. The van der Waals surface area contributed by atoms with Crippen molar-refractivity contribution in [3.05, 3.63) is 29.6 Å². The Kier molecular flexibility index (Phi) is 3.99. The van der Waals surface area contributed by atoms with Gasteiger partial charge in [-0.2, -0.15) is 13.2 Å². The number of rotatable bonds is 2. The number of nitrogens with one attached hydrogen (secondary N) is 1. The van der Waals surface area contributed by atoms with Crippen LogP contribution in [0, 0.1) is 5.82 Å². The Morgan fingerprint density at radius 3 is 2.74 bits per heavy atom. The van der Waals surface area contributed by atoms with Gasteiger partial charge in [-0.15, -0.1) is 0 Å². The lowest BCUT2D eigenvalue weighted by Gasteiger charge is -2.35. The van der Waals surface area contributed by atoms with Crippen molar-refractivity contribution in [1.82, 2.24) is 5.32 Å². The van der Waals surface area contributed by atoms with Crippen molar-refractivity contribution in [2.45, 2.75) is 25.6 Å². The van der Waals surface area contributed by atoms with E-state index in [1.165, 1.54) is 6.07 Å². The number of halogens is 4. The maximum Gasteiger partial charge on any atom is 0.419 e. The summed E-state index contributed by atoms with van der Waals surface area (Å²) in [5.41, 5.74) is -0.773. The van der Waals surface area contributed by atoms with Crippen LogP contribution < -0.4 is 10.2 Å². The first-order valence-electron chi connectivity index (χ1n) is 6.27. The number of hydrogen-bond donors (Lipinski definition) is 1. The molecule has 1 heterocycles. The van der Waals surface area contributed by atoms with E-state index >= 15 is 0 Å². The number of alkyl halides is 3. The second-order valence-corrected chi connectivity index (χ2v) is 4.67. The number of benzene rings is 1. The normalized spacial score (nSPS) is 20.7. The summed E-state index contributed by atoms with van der Waals surface area (Å²) in [7, 11) is 0. The summed E-state index contributed by atoms with van der Waals surface area (Å²) in [4.78, 5) is 1.86. The van der Waals surface area contributed by atoms with Gasteiger partial charge in [0.1, 0.15) is 5.82 Å². The summed E-state index contributed by atoms with van der Waals surface area (Å²) in [5.74, 6) is -1.22. The zero-order chi connectivity index (χ0) is 14.0. The highest BCUT2D eigenvalue weighted by atomic mass is 19.4. The molecular formula is C13H16F4N2. The molecule has 1 atom stereocenters. The molecule has 1 N–H and O–H groups in total. The number of nitrogens with zero attached hydrogens (tertiary/aromatic N) is 1. The molecule has 0 amide bonds. The average molecular weight is 276 g/mol. The first-order valence-corrected chi connectivity index (χ1v) is 6.27. The van der Waals surface area contributed by atoms with E-state index in [2.05, 4.69) is 5.32 Å². The molecule has 1 aliphatic heterocycles. The van der Waals surface area contributed by atoms with Crippen molar-refractivity contribution in [3.63, 3.8) is 0 Å². The molecule has 2 nitrogen and oxygen atoms in total. The van der Waals surface area contributed by atoms with E-state index < -0.39 is 17.6 Å². The molecule has 19 heavy (non-hydrogen) atoms. The van der Waals surface area contributed by atoms with Gasteiger partial charge in [-0.25, -0.2) is 4.39 Å². The monoisotopic (exact) mass is 276 g/mol.